The highest BCUT2D eigenvalue weighted by molar-refractivity contribution is 5.17. The molecule has 0 aliphatic carbocycles. The van der Waals surface area contributed by atoms with Crippen LogP contribution in [0.15, 0.2) is 30.3 Å². The van der Waals surface area contributed by atoms with Gasteiger partial charge in [0.25, 0.3) is 0 Å². The third-order valence-electron chi connectivity index (χ3n) is 4.10. The van der Waals surface area contributed by atoms with Gasteiger partial charge in [-0.2, -0.15) is 0 Å². The fraction of sp³-hybridized carbons (Fsp3) is 0.600. The van der Waals surface area contributed by atoms with E-state index in [1.54, 1.807) is 0 Å². The van der Waals surface area contributed by atoms with Gasteiger partial charge in [0.05, 0.1) is 12.7 Å². The number of hydrogen-bond donors (Lipinski definition) is 1. The topological polar surface area (TPSA) is 38.7 Å². The monoisotopic (exact) mass is 248 g/mol. The number of rotatable bonds is 3. The Kier molecular flexibility index (Phi) is 3.64. The molecule has 98 valence electrons. The quantitative estimate of drug-likeness (QED) is 0.893. The molecular weight excluding hydrogens is 228 g/mol. The van der Waals surface area contributed by atoms with Crippen LogP contribution in [0.3, 0.4) is 0 Å². The first-order valence-corrected chi connectivity index (χ1v) is 6.81. The largest absolute Gasteiger partial charge is 0.388 e. The molecule has 18 heavy (non-hydrogen) atoms. The molecule has 0 radical (unpaired) electrons. The SMILES string of the molecule is OC(CC1COC2OCCCC12)c1ccccc1. The van der Waals surface area contributed by atoms with Crippen molar-refractivity contribution in [3.05, 3.63) is 35.9 Å². The third-order valence-corrected chi connectivity index (χ3v) is 4.10. The summed E-state index contributed by atoms with van der Waals surface area (Å²) in [6, 6.07) is 9.87. The van der Waals surface area contributed by atoms with Crippen LogP contribution >= 0.6 is 0 Å². The van der Waals surface area contributed by atoms with Gasteiger partial charge in [0.15, 0.2) is 6.29 Å². The van der Waals surface area contributed by atoms with E-state index in [2.05, 4.69) is 0 Å². The molecule has 0 saturated carbocycles. The fourth-order valence-corrected chi connectivity index (χ4v) is 3.09. The standard InChI is InChI=1S/C15H20O3/c16-14(11-5-2-1-3-6-11)9-12-10-18-15-13(12)7-4-8-17-15/h1-3,5-6,12-16H,4,7-10H2. The van der Waals surface area contributed by atoms with Crippen molar-refractivity contribution in [3.8, 4) is 0 Å². The summed E-state index contributed by atoms with van der Waals surface area (Å²) in [5.41, 5.74) is 0.998. The van der Waals surface area contributed by atoms with E-state index in [9.17, 15) is 5.11 Å². The lowest BCUT2D eigenvalue weighted by atomic mass is 9.84. The van der Waals surface area contributed by atoms with E-state index in [1.807, 2.05) is 30.3 Å². The third kappa shape index (κ3) is 2.44. The molecule has 3 heteroatoms. The molecule has 0 amide bonds. The van der Waals surface area contributed by atoms with Gasteiger partial charge < -0.3 is 14.6 Å². The minimum absolute atomic E-state index is 0.0216. The van der Waals surface area contributed by atoms with Crippen molar-refractivity contribution in [3.63, 3.8) is 0 Å². The molecule has 1 N–H and O–H groups in total. The molecule has 3 rings (SSSR count). The average molecular weight is 248 g/mol. The van der Waals surface area contributed by atoms with Gasteiger partial charge in [0.1, 0.15) is 0 Å². The van der Waals surface area contributed by atoms with Crippen LogP contribution in [0.1, 0.15) is 30.9 Å². The molecular formula is C15H20O3. The summed E-state index contributed by atoms with van der Waals surface area (Å²) >= 11 is 0. The van der Waals surface area contributed by atoms with Gasteiger partial charge in [-0.1, -0.05) is 30.3 Å². The molecule has 2 aliphatic rings. The van der Waals surface area contributed by atoms with Gasteiger partial charge in [-0.15, -0.1) is 0 Å². The van der Waals surface area contributed by atoms with E-state index < -0.39 is 0 Å². The van der Waals surface area contributed by atoms with Gasteiger partial charge in [-0.25, -0.2) is 0 Å². The molecule has 3 nitrogen and oxygen atoms in total. The Morgan fingerprint density at radius 3 is 2.89 bits per heavy atom. The normalized spacial score (nSPS) is 33.1. The van der Waals surface area contributed by atoms with Crippen LogP contribution in [0.4, 0.5) is 0 Å². The molecule has 0 spiro atoms. The summed E-state index contributed by atoms with van der Waals surface area (Å²) in [4.78, 5) is 0. The van der Waals surface area contributed by atoms with Gasteiger partial charge in [-0.3, -0.25) is 0 Å². The maximum Gasteiger partial charge on any atom is 0.160 e. The van der Waals surface area contributed by atoms with E-state index in [1.165, 1.54) is 0 Å². The van der Waals surface area contributed by atoms with E-state index >= 15 is 0 Å². The molecule has 1 aromatic carbocycles. The first-order chi connectivity index (χ1) is 8.84. The number of benzene rings is 1. The van der Waals surface area contributed by atoms with Crippen LogP contribution in [0.2, 0.25) is 0 Å². The molecule has 2 aliphatic heterocycles. The van der Waals surface area contributed by atoms with E-state index in [4.69, 9.17) is 9.47 Å². The zero-order chi connectivity index (χ0) is 12.4. The Bertz CT molecular complexity index is 379. The van der Waals surface area contributed by atoms with Crippen molar-refractivity contribution in [2.75, 3.05) is 13.2 Å². The highest BCUT2D eigenvalue weighted by Crippen LogP contribution is 2.39. The first kappa shape index (κ1) is 12.2. The lowest BCUT2D eigenvalue weighted by Gasteiger charge is -2.28. The zero-order valence-corrected chi connectivity index (χ0v) is 10.5. The van der Waals surface area contributed by atoms with Crippen LogP contribution in [-0.4, -0.2) is 24.6 Å². The predicted molar refractivity (Wildman–Crippen MR) is 67.9 cm³/mol. The summed E-state index contributed by atoms with van der Waals surface area (Å²) in [6.45, 7) is 1.54. The van der Waals surface area contributed by atoms with Gasteiger partial charge in [0, 0.05) is 12.5 Å². The van der Waals surface area contributed by atoms with Crippen LogP contribution in [-0.2, 0) is 9.47 Å². The van der Waals surface area contributed by atoms with Gasteiger partial charge in [-0.05, 0) is 30.7 Å². The molecule has 1 aromatic rings. The molecule has 2 heterocycles. The van der Waals surface area contributed by atoms with Crippen molar-refractivity contribution < 1.29 is 14.6 Å². The minimum atomic E-state index is -0.388. The van der Waals surface area contributed by atoms with E-state index in [0.717, 1.165) is 38.0 Å². The number of ether oxygens (including phenoxy) is 2. The number of aliphatic hydroxyl groups is 1. The summed E-state index contributed by atoms with van der Waals surface area (Å²) in [5, 5.41) is 10.3. The smallest absolute Gasteiger partial charge is 0.160 e. The lowest BCUT2D eigenvalue weighted by molar-refractivity contribution is -0.151. The molecule has 2 saturated heterocycles. The van der Waals surface area contributed by atoms with E-state index in [0.29, 0.717) is 11.8 Å². The first-order valence-electron chi connectivity index (χ1n) is 6.81. The van der Waals surface area contributed by atoms with Crippen molar-refractivity contribution in [1.29, 1.82) is 0 Å². The summed E-state index contributed by atoms with van der Waals surface area (Å²) < 4.78 is 11.3. The Hall–Kier alpha value is -0.900. The lowest BCUT2D eigenvalue weighted by Crippen LogP contribution is -2.29. The summed E-state index contributed by atoms with van der Waals surface area (Å²) in [6.07, 6.45) is 2.64. The van der Waals surface area contributed by atoms with Crippen molar-refractivity contribution in [2.24, 2.45) is 11.8 Å². The van der Waals surface area contributed by atoms with Crippen molar-refractivity contribution >= 4 is 0 Å². The molecule has 0 aromatic heterocycles. The van der Waals surface area contributed by atoms with Crippen LogP contribution in [0.25, 0.3) is 0 Å². The molecule has 2 fully saturated rings. The highest BCUT2D eigenvalue weighted by atomic mass is 16.7. The summed E-state index contributed by atoms with van der Waals surface area (Å²) in [7, 11) is 0. The van der Waals surface area contributed by atoms with Crippen LogP contribution < -0.4 is 0 Å². The fourth-order valence-electron chi connectivity index (χ4n) is 3.09. The maximum absolute atomic E-state index is 10.3. The Balaban J connectivity index is 1.63. The van der Waals surface area contributed by atoms with Gasteiger partial charge >= 0.3 is 0 Å². The molecule has 4 unspecified atom stereocenters. The van der Waals surface area contributed by atoms with Crippen LogP contribution in [0, 0.1) is 11.8 Å². The molecule has 4 atom stereocenters. The van der Waals surface area contributed by atoms with Crippen LogP contribution in [0.5, 0.6) is 0 Å². The Morgan fingerprint density at radius 1 is 1.22 bits per heavy atom. The Labute approximate surface area is 108 Å². The highest BCUT2D eigenvalue weighted by Gasteiger charge is 2.40. The maximum atomic E-state index is 10.3. The van der Waals surface area contributed by atoms with Crippen molar-refractivity contribution in [1.82, 2.24) is 0 Å². The predicted octanol–water partition coefficient (Wildman–Crippen LogP) is 2.51. The van der Waals surface area contributed by atoms with Crippen molar-refractivity contribution in [2.45, 2.75) is 31.7 Å². The second kappa shape index (κ2) is 5.39. The average Bonchev–Trinajstić information content (AvgIpc) is 2.83. The zero-order valence-electron chi connectivity index (χ0n) is 10.5. The second-order valence-corrected chi connectivity index (χ2v) is 5.30. The summed E-state index contributed by atoms with van der Waals surface area (Å²) in [5.74, 6) is 0.891. The number of hydrogen-bond acceptors (Lipinski definition) is 3. The number of fused-ring (bicyclic) bond motifs is 1. The van der Waals surface area contributed by atoms with E-state index in [-0.39, 0.29) is 12.4 Å². The minimum Gasteiger partial charge on any atom is -0.388 e. The molecule has 0 bridgehead atoms. The Morgan fingerprint density at radius 2 is 2.06 bits per heavy atom. The second-order valence-electron chi connectivity index (χ2n) is 5.30. The number of aliphatic hydroxyl groups excluding tert-OH is 1. The van der Waals surface area contributed by atoms with Gasteiger partial charge in [0.2, 0.25) is 0 Å².